The summed E-state index contributed by atoms with van der Waals surface area (Å²) >= 11 is 0. The third kappa shape index (κ3) is 79.2. The molecule has 2 unspecified atom stereocenters. The molecule has 0 aliphatic carbocycles. The number of carbonyl (C=O) groups excluding carboxylic acids is 2. The highest BCUT2D eigenvalue weighted by Gasteiger charge is 2.18. The number of unbranched alkanes of at least 4 members (excludes halogenated alkanes) is 69. The summed E-state index contributed by atoms with van der Waals surface area (Å²) in [5, 5.41) is 23.3. The lowest BCUT2D eigenvalue weighted by Gasteiger charge is -2.20. The Bertz CT molecular complexity index is 1460. The van der Waals surface area contributed by atoms with E-state index in [2.05, 4.69) is 31.3 Å². The molecule has 0 heterocycles. The zero-order valence-corrected chi connectivity index (χ0v) is 63.5. The molecule has 0 aromatic rings. The van der Waals surface area contributed by atoms with Crippen LogP contribution in [0, 0.1) is 0 Å². The van der Waals surface area contributed by atoms with Crippen LogP contribution in [0.15, 0.2) is 24.3 Å². The van der Waals surface area contributed by atoms with E-state index in [9.17, 15) is 19.8 Å². The van der Waals surface area contributed by atoms with Crippen molar-refractivity contribution in [3.63, 3.8) is 0 Å². The Labute approximate surface area is 583 Å². The first-order chi connectivity index (χ1) is 46.0. The van der Waals surface area contributed by atoms with E-state index < -0.39 is 12.1 Å². The molecule has 0 radical (unpaired) electrons. The van der Waals surface area contributed by atoms with Gasteiger partial charge in [0, 0.05) is 12.8 Å². The van der Waals surface area contributed by atoms with Crippen LogP contribution < -0.4 is 5.32 Å². The van der Waals surface area contributed by atoms with Gasteiger partial charge in [0.05, 0.1) is 25.4 Å². The van der Waals surface area contributed by atoms with E-state index >= 15 is 0 Å². The predicted octanol–water partition coefficient (Wildman–Crippen LogP) is 28.8. The minimum Gasteiger partial charge on any atom is -0.466 e. The lowest BCUT2D eigenvalue weighted by molar-refractivity contribution is -0.143. The normalized spacial score (nSPS) is 12.5. The van der Waals surface area contributed by atoms with Crippen LogP contribution in [0.3, 0.4) is 0 Å². The van der Waals surface area contributed by atoms with Gasteiger partial charge in [0.25, 0.3) is 0 Å². The number of aliphatic hydroxyl groups is 2. The average Bonchev–Trinajstić information content (AvgIpc) is 3.78. The molecule has 0 spiro atoms. The van der Waals surface area contributed by atoms with Crippen molar-refractivity contribution in [1.82, 2.24) is 5.32 Å². The first-order valence-electron chi connectivity index (χ1n) is 43.1. The second kappa shape index (κ2) is 82.8. The number of amides is 1. The summed E-state index contributed by atoms with van der Waals surface area (Å²) < 4.78 is 5.52. The van der Waals surface area contributed by atoms with Crippen LogP contribution in [-0.4, -0.2) is 47.4 Å². The standard InChI is InChI=1S/C87H169NO5/c1-3-5-7-9-11-13-15-17-19-21-23-41-44-47-51-55-59-63-67-71-75-79-85(90)84(83-89)88-86(91)80-76-72-68-64-60-56-52-48-45-42-39-37-35-33-31-29-27-25-24-26-28-30-32-34-36-38-40-43-46-50-54-58-62-66-70-74-78-82-93-87(92)81-77-73-69-65-61-57-53-49-22-20-18-16-14-12-10-8-6-4-2/h20,22,75,79,84-85,89-90H,3-19,21,23-74,76-78,80-83H2,1-2H3,(H,88,91)/b22-20-,79-75+. The predicted molar refractivity (Wildman–Crippen MR) is 412 cm³/mol. The summed E-state index contributed by atoms with van der Waals surface area (Å²) in [6.07, 6.45) is 108. The second-order valence-corrected chi connectivity index (χ2v) is 29.9. The Balaban J connectivity index is 3.31. The lowest BCUT2D eigenvalue weighted by Crippen LogP contribution is -2.45. The number of hydrogen-bond donors (Lipinski definition) is 3. The van der Waals surface area contributed by atoms with Crippen LogP contribution in [0.2, 0.25) is 0 Å². The van der Waals surface area contributed by atoms with Gasteiger partial charge in [-0.3, -0.25) is 9.59 Å². The first-order valence-corrected chi connectivity index (χ1v) is 43.1. The smallest absolute Gasteiger partial charge is 0.305 e. The molecule has 0 bridgehead atoms. The van der Waals surface area contributed by atoms with Crippen LogP contribution in [0.1, 0.15) is 495 Å². The fourth-order valence-corrected chi connectivity index (χ4v) is 13.9. The van der Waals surface area contributed by atoms with Crippen molar-refractivity contribution in [2.45, 2.75) is 508 Å². The van der Waals surface area contributed by atoms with Crippen molar-refractivity contribution < 1.29 is 24.5 Å². The van der Waals surface area contributed by atoms with Crippen molar-refractivity contribution in [3.05, 3.63) is 24.3 Å². The monoisotopic (exact) mass is 1310 g/mol. The van der Waals surface area contributed by atoms with Crippen molar-refractivity contribution in [2.24, 2.45) is 0 Å². The zero-order chi connectivity index (χ0) is 67.0. The summed E-state index contributed by atoms with van der Waals surface area (Å²) in [5.41, 5.74) is 0. The molecule has 0 aliphatic rings. The van der Waals surface area contributed by atoms with Crippen LogP contribution in [0.5, 0.6) is 0 Å². The minimum atomic E-state index is -0.841. The highest BCUT2D eigenvalue weighted by atomic mass is 16.5. The quantitative estimate of drug-likeness (QED) is 0.0320. The van der Waals surface area contributed by atoms with E-state index in [1.807, 2.05) is 6.08 Å². The molecule has 0 rings (SSSR count). The Morgan fingerprint density at radius 1 is 0.290 bits per heavy atom. The largest absolute Gasteiger partial charge is 0.466 e. The Morgan fingerprint density at radius 2 is 0.505 bits per heavy atom. The molecule has 0 aromatic heterocycles. The Morgan fingerprint density at radius 3 is 0.763 bits per heavy atom. The molecule has 3 N–H and O–H groups in total. The summed E-state index contributed by atoms with van der Waals surface area (Å²) in [6.45, 7) is 4.96. The molecular weight excluding hydrogens is 1140 g/mol. The van der Waals surface area contributed by atoms with E-state index in [4.69, 9.17) is 4.74 Å². The summed E-state index contributed by atoms with van der Waals surface area (Å²) in [5.74, 6) is -0.0355. The maximum atomic E-state index is 12.6. The molecule has 2 atom stereocenters. The SMILES string of the molecule is CCCCCCCCC/C=C\CCCCCCCCCC(=O)OCCCCCCCCCCCCCCCCCCCCCCCCCCCCCCCCCCCCCCCC(=O)NC(CO)C(O)/C=C/CCCCCCCCCCCCCCCCCCCCC. The molecule has 93 heavy (non-hydrogen) atoms. The number of rotatable bonds is 82. The molecule has 0 saturated heterocycles. The van der Waals surface area contributed by atoms with E-state index in [0.29, 0.717) is 19.4 Å². The fraction of sp³-hybridized carbons (Fsp3) is 0.931. The van der Waals surface area contributed by atoms with Crippen molar-refractivity contribution >= 4 is 11.9 Å². The topological polar surface area (TPSA) is 95.9 Å². The fourth-order valence-electron chi connectivity index (χ4n) is 13.9. The average molecular weight is 1310 g/mol. The molecule has 0 aliphatic heterocycles. The van der Waals surface area contributed by atoms with Gasteiger partial charge in [0.1, 0.15) is 0 Å². The number of ether oxygens (including phenoxy) is 1. The van der Waals surface area contributed by atoms with E-state index in [1.165, 1.54) is 430 Å². The second-order valence-electron chi connectivity index (χ2n) is 29.9. The molecule has 6 nitrogen and oxygen atoms in total. The minimum absolute atomic E-state index is 0.0215. The van der Waals surface area contributed by atoms with Gasteiger partial charge in [-0.1, -0.05) is 449 Å². The summed E-state index contributed by atoms with van der Waals surface area (Å²) in [6, 6.07) is -0.624. The number of esters is 1. The number of aliphatic hydroxyl groups excluding tert-OH is 2. The van der Waals surface area contributed by atoms with Crippen LogP contribution in [0.4, 0.5) is 0 Å². The van der Waals surface area contributed by atoms with E-state index in [1.54, 1.807) is 6.08 Å². The molecular formula is C87H169NO5. The zero-order valence-electron chi connectivity index (χ0n) is 63.5. The number of hydrogen-bond acceptors (Lipinski definition) is 5. The van der Waals surface area contributed by atoms with Crippen LogP contribution >= 0.6 is 0 Å². The summed E-state index contributed by atoms with van der Waals surface area (Å²) in [7, 11) is 0. The van der Waals surface area contributed by atoms with Gasteiger partial charge in [0.2, 0.25) is 5.91 Å². The van der Waals surface area contributed by atoms with Gasteiger partial charge in [-0.2, -0.15) is 0 Å². The molecule has 0 saturated carbocycles. The highest BCUT2D eigenvalue weighted by Crippen LogP contribution is 2.21. The number of allylic oxidation sites excluding steroid dienone is 3. The molecule has 0 fully saturated rings. The van der Waals surface area contributed by atoms with Crippen LogP contribution in [-0.2, 0) is 14.3 Å². The lowest BCUT2D eigenvalue weighted by atomic mass is 10.0. The van der Waals surface area contributed by atoms with E-state index in [0.717, 1.165) is 38.5 Å². The Kier molecular flexibility index (Phi) is 81.3. The van der Waals surface area contributed by atoms with Gasteiger partial charge in [0.15, 0.2) is 0 Å². The highest BCUT2D eigenvalue weighted by molar-refractivity contribution is 5.76. The Hall–Kier alpha value is -1.66. The van der Waals surface area contributed by atoms with Gasteiger partial charge in [-0.25, -0.2) is 0 Å². The number of carbonyl (C=O) groups is 2. The third-order valence-corrected chi connectivity index (χ3v) is 20.5. The maximum Gasteiger partial charge on any atom is 0.305 e. The van der Waals surface area contributed by atoms with Crippen molar-refractivity contribution in [2.75, 3.05) is 13.2 Å². The first kappa shape index (κ1) is 91.3. The summed E-state index contributed by atoms with van der Waals surface area (Å²) in [4.78, 5) is 24.7. The molecule has 0 aromatic carbocycles. The molecule has 1 amide bonds. The van der Waals surface area contributed by atoms with Crippen LogP contribution in [0.25, 0.3) is 0 Å². The van der Waals surface area contributed by atoms with Gasteiger partial charge in [-0.05, 0) is 57.8 Å². The number of nitrogens with one attached hydrogen (secondary N) is 1. The third-order valence-electron chi connectivity index (χ3n) is 20.5. The molecule has 6 heteroatoms. The van der Waals surface area contributed by atoms with Crippen molar-refractivity contribution in [1.29, 1.82) is 0 Å². The van der Waals surface area contributed by atoms with E-state index in [-0.39, 0.29) is 18.5 Å². The van der Waals surface area contributed by atoms with Gasteiger partial charge < -0.3 is 20.3 Å². The van der Waals surface area contributed by atoms with Crippen molar-refractivity contribution in [3.8, 4) is 0 Å². The molecule has 552 valence electrons. The maximum absolute atomic E-state index is 12.6. The van der Waals surface area contributed by atoms with Gasteiger partial charge >= 0.3 is 5.97 Å². The van der Waals surface area contributed by atoms with Gasteiger partial charge in [-0.15, -0.1) is 0 Å².